The van der Waals surface area contributed by atoms with Gasteiger partial charge in [0.15, 0.2) is 0 Å². The summed E-state index contributed by atoms with van der Waals surface area (Å²) < 4.78 is 5.24. The van der Waals surface area contributed by atoms with Crippen molar-refractivity contribution in [2.75, 3.05) is 45.9 Å². The third kappa shape index (κ3) is 4.54. The lowest BCUT2D eigenvalue weighted by molar-refractivity contribution is -0.142. The predicted molar refractivity (Wildman–Crippen MR) is 79.8 cm³/mol. The molecule has 0 aromatic heterocycles. The van der Waals surface area contributed by atoms with Crippen molar-refractivity contribution in [3.8, 4) is 0 Å². The molecule has 2 rings (SSSR count). The zero-order valence-electron chi connectivity index (χ0n) is 12.6. The number of morpholine rings is 1. The van der Waals surface area contributed by atoms with Gasteiger partial charge in [-0.05, 0) is 12.8 Å². The molecule has 1 N–H and O–H groups in total. The Kier molecular flexibility index (Phi) is 6.20. The summed E-state index contributed by atoms with van der Waals surface area (Å²) in [5, 5.41) is 3.17. The number of carbonyl (C=O) groups is 2. The van der Waals surface area contributed by atoms with Crippen molar-refractivity contribution in [2.24, 2.45) is 0 Å². The van der Waals surface area contributed by atoms with Crippen molar-refractivity contribution in [2.45, 2.75) is 25.3 Å². The topological polar surface area (TPSA) is 61.9 Å². The number of nitrogens with one attached hydrogen (secondary N) is 1. The van der Waals surface area contributed by atoms with Crippen LogP contribution in [0.4, 0.5) is 0 Å². The van der Waals surface area contributed by atoms with Crippen molar-refractivity contribution < 1.29 is 14.3 Å². The molecule has 2 saturated heterocycles. The highest BCUT2D eigenvalue weighted by molar-refractivity contribution is 5.89. The Bertz CT molecular complexity index is 380. The largest absolute Gasteiger partial charge is 0.378 e. The summed E-state index contributed by atoms with van der Waals surface area (Å²) in [7, 11) is 0. The summed E-state index contributed by atoms with van der Waals surface area (Å²) in [6.45, 7) is 8.34. The van der Waals surface area contributed by atoms with Crippen molar-refractivity contribution in [3.05, 3.63) is 12.7 Å². The molecule has 21 heavy (non-hydrogen) atoms. The highest BCUT2D eigenvalue weighted by Crippen LogP contribution is 2.10. The standard InChI is InChI=1S/C15H25N3O3/c1-2-3-4-6-18-7-5-16-13(15(18)20)12-14(19)17-8-10-21-11-9-17/h2,13,16H,1,3-12H2. The molecule has 118 valence electrons. The lowest BCUT2D eigenvalue weighted by atomic mass is 10.1. The number of carbonyl (C=O) groups excluding carboxylic acids is 2. The van der Waals surface area contributed by atoms with Crippen LogP contribution in [0.3, 0.4) is 0 Å². The molecule has 2 aliphatic rings. The minimum Gasteiger partial charge on any atom is -0.378 e. The first-order chi connectivity index (χ1) is 10.2. The van der Waals surface area contributed by atoms with Crippen molar-refractivity contribution in [1.29, 1.82) is 0 Å². The molecule has 1 unspecified atom stereocenters. The normalized spacial score (nSPS) is 23.2. The monoisotopic (exact) mass is 295 g/mol. The van der Waals surface area contributed by atoms with Gasteiger partial charge in [-0.1, -0.05) is 6.08 Å². The van der Waals surface area contributed by atoms with Crippen LogP contribution in [0.25, 0.3) is 0 Å². The molecule has 0 saturated carbocycles. The van der Waals surface area contributed by atoms with Crippen LogP contribution in [-0.2, 0) is 14.3 Å². The Morgan fingerprint density at radius 1 is 1.38 bits per heavy atom. The molecule has 2 fully saturated rings. The van der Waals surface area contributed by atoms with Gasteiger partial charge in [0, 0.05) is 32.7 Å². The van der Waals surface area contributed by atoms with E-state index in [4.69, 9.17) is 4.74 Å². The quantitative estimate of drug-likeness (QED) is 0.553. The predicted octanol–water partition coefficient (Wildman–Crippen LogP) is 0.00190. The first-order valence-corrected chi connectivity index (χ1v) is 7.71. The summed E-state index contributed by atoms with van der Waals surface area (Å²) in [5.41, 5.74) is 0. The lowest BCUT2D eigenvalue weighted by Gasteiger charge is -2.34. The molecule has 2 amide bonds. The van der Waals surface area contributed by atoms with E-state index in [0.29, 0.717) is 26.3 Å². The molecule has 6 heteroatoms. The molecule has 0 bridgehead atoms. The second kappa shape index (κ2) is 8.14. The van der Waals surface area contributed by atoms with Crippen molar-refractivity contribution in [3.63, 3.8) is 0 Å². The van der Waals surface area contributed by atoms with Gasteiger partial charge in [0.25, 0.3) is 0 Å². The first kappa shape index (κ1) is 16.0. The maximum absolute atomic E-state index is 12.4. The van der Waals surface area contributed by atoms with E-state index in [9.17, 15) is 9.59 Å². The Morgan fingerprint density at radius 3 is 2.86 bits per heavy atom. The van der Waals surface area contributed by atoms with E-state index in [1.54, 1.807) is 4.90 Å². The Hall–Kier alpha value is -1.40. The van der Waals surface area contributed by atoms with Gasteiger partial charge < -0.3 is 19.9 Å². The van der Waals surface area contributed by atoms with Crippen molar-refractivity contribution >= 4 is 11.8 Å². The minimum absolute atomic E-state index is 0.0390. The maximum atomic E-state index is 12.4. The van der Waals surface area contributed by atoms with Gasteiger partial charge in [-0.3, -0.25) is 9.59 Å². The fourth-order valence-corrected chi connectivity index (χ4v) is 2.72. The highest BCUT2D eigenvalue weighted by atomic mass is 16.5. The molecule has 2 aliphatic heterocycles. The Morgan fingerprint density at radius 2 is 2.14 bits per heavy atom. The molecule has 2 heterocycles. The second-order valence-electron chi connectivity index (χ2n) is 5.46. The highest BCUT2D eigenvalue weighted by Gasteiger charge is 2.31. The van der Waals surface area contributed by atoms with E-state index >= 15 is 0 Å². The van der Waals surface area contributed by atoms with E-state index in [1.807, 2.05) is 11.0 Å². The van der Waals surface area contributed by atoms with E-state index in [2.05, 4.69) is 11.9 Å². The zero-order valence-corrected chi connectivity index (χ0v) is 12.6. The van der Waals surface area contributed by atoms with Gasteiger partial charge in [0.2, 0.25) is 11.8 Å². The van der Waals surface area contributed by atoms with E-state index < -0.39 is 0 Å². The van der Waals surface area contributed by atoms with Crippen LogP contribution in [0, 0.1) is 0 Å². The van der Waals surface area contributed by atoms with Crippen LogP contribution in [0.15, 0.2) is 12.7 Å². The zero-order chi connectivity index (χ0) is 15.1. The molecular weight excluding hydrogens is 270 g/mol. The third-order valence-corrected chi connectivity index (χ3v) is 3.96. The van der Waals surface area contributed by atoms with Gasteiger partial charge in [-0.15, -0.1) is 6.58 Å². The number of hydrogen-bond donors (Lipinski definition) is 1. The Balaban J connectivity index is 1.82. The number of unbranched alkanes of at least 4 members (excludes halogenated alkanes) is 1. The van der Waals surface area contributed by atoms with Crippen LogP contribution in [0.1, 0.15) is 19.3 Å². The Labute approximate surface area is 126 Å². The number of rotatable bonds is 6. The molecule has 1 atom stereocenters. The van der Waals surface area contributed by atoms with E-state index in [0.717, 1.165) is 32.5 Å². The SMILES string of the molecule is C=CCCCN1CCNC(CC(=O)N2CCOCC2)C1=O. The van der Waals surface area contributed by atoms with Gasteiger partial charge in [-0.25, -0.2) is 0 Å². The first-order valence-electron chi connectivity index (χ1n) is 7.71. The van der Waals surface area contributed by atoms with Gasteiger partial charge in [0.1, 0.15) is 0 Å². The molecule has 0 spiro atoms. The van der Waals surface area contributed by atoms with Gasteiger partial charge in [-0.2, -0.15) is 0 Å². The molecule has 0 aromatic rings. The summed E-state index contributed by atoms with van der Waals surface area (Å²) >= 11 is 0. The summed E-state index contributed by atoms with van der Waals surface area (Å²) in [6, 6.07) is -0.377. The van der Waals surface area contributed by atoms with E-state index in [1.165, 1.54) is 0 Å². The number of ether oxygens (including phenoxy) is 1. The number of amides is 2. The van der Waals surface area contributed by atoms with E-state index in [-0.39, 0.29) is 24.3 Å². The molecule has 6 nitrogen and oxygen atoms in total. The van der Waals surface area contributed by atoms with Gasteiger partial charge >= 0.3 is 0 Å². The maximum Gasteiger partial charge on any atom is 0.240 e. The van der Waals surface area contributed by atoms with Crippen LogP contribution >= 0.6 is 0 Å². The summed E-state index contributed by atoms with van der Waals surface area (Å²) in [5.74, 6) is 0.0870. The summed E-state index contributed by atoms with van der Waals surface area (Å²) in [4.78, 5) is 28.3. The fraction of sp³-hybridized carbons (Fsp3) is 0.733. The molecule has 0 aromatic carbocycles. The average molecular weight is 295 g/mol. The van der Waals surface area contributed by atoms with Gasteiger partial charge in [0.05, 0.1) is 25.7 Å². The lowest BCUT2D eigenvalue weighted by Crippen LogP contribution is -2.57. The summed E-state index contributed by atoms with van der Waals surface area (Å²) in [6.07, 6.45) is 3.96. The smallest absolute Gasteiger partial charge is 0.240 e. The van der Waals surface area contributed by atoms with Crippen LogP contribution in [0.5, 0.6) is 0 Å². The van der Waals surface area contributed by atoms with Crippen LogP contribution < -0.4 is 5.32 Å². The number of piperazine rings is 1. The van der Waals surface area contributed by atoms with Crippen molar-refractivity contribution in [1.82, 2.24) is 15.1 Å². The number of hydrogen-bond acceptors (Lipinski definition) is 4. The molecule has 0 aliphatic carbocycles. The minimum atomic E-state index is -0.377. The number of allylic oxidation sites excluding steroid dienone is 1. The fourth-order valence-electron chi connectivity index (χ4n) is 2.72. The number of nitrogens with zero attached hydrogens (tertiary/aromatic N) is 2. The average Bonchev–Trinajstić information content (AvgIpc) is 2.52. The molecular formula is C15H25N3O3. The van der Waals surface area contributed by atoms with Crippen LogP contribution in [0.2, 0.25) is 0 Å². The third-order valence-electron chi connectivity index (χ3n) is 3.96. The molecule has 0 radical (unpaired) electrons. The van der Waals surface area contributed by atoms with Crippen LogP contribution in [-0.4, -0.2) is 73.6 Å². The second-order valence-corrected chi connectivity index (χ2v) is 5.46.